The zero-order chi connectivity index (χ0) is 38.0. The SMILES string of the molecule is Cc1cc(N=Nc2ccc3cc(NC(=O)c4ccc(NC(=O)CCC(=O)O)cc4)ccc3c2O)c(C)cc1N=Nc1ccc(N=Nc2ccccc2)cc1. The van der Waals surface area contributed by atoms with Crippen LogP contribution < -0.4 is 10.6 Å². The Morgan fingerprint density at radius 1 is 0.556 bits per heavy atom. The number of carboxylic acids is 1. The number of anilines is 2. The zero-order valence-corrected chi connectivity index (χ0v) is 29.3. The van der Waals surface area contributed by atoms with Crippen LogP contribution in [0.2, 0.25) is 0 Å². The number of fused-ring (bicyclic) bond motifs is 1. The first-order valence-electron chi connectivity index (χ1n) is 16.8. The normalized spacial score (nSPS) is 11.4. The average Bonchev–Trinajstić information content (AvgIpc) is 3.17. The van der Waals surface area contributed by atoms with Gasteiger partial charge in [0.2, 0.25) is 5.91 Å². The van der Waals surface area contributed by atoms with Crippen LogP contribution in [0.25, 0.3) is 10.8 Å². The van der Waals surface area contributed by atoms with Crippen LogP contribution in [0.15, 0.2) is 152 Å². The summed E-state index contributed by atoms with van der Waals surface area (Å²) < 4.78 is 0. The third-order valence-electron chi connectivity index (χ3n) is 8.16. The highest BCUT2D eigenvalue weighted by Crippen LogP contribution is 2.38. The molecule has 6 aromatic carbocycles. The number of nitrogens with zero attached hydrogens (tertiary/aromatic N) is 6. The molecule has 0 fully saturated rings. The molecule has 2 amide bonds. The van der Waals surface area contributed by atoms with Crippen molar-refractivity contribution >= 4 is 74.1 Å². The summed E-state index contributed by atoms with van der Waals surface area (Å²) in [5.41, 5.74) is 6.71. The lowest BCUT2D eigenvalue weighted by molar-refractivity contribution is -0.138. The molecule has 0 aromatic heterocycles. The Morgan fingerprint density at radius 3 is 1.74 bits per heavy atom. The number of carbonyl (C=O) groups excluding carboxylic acids is 2. The number of nitrogens with one attached hydrogen (secondary N) is 2. The Hall–Kier alpha value is -7.41. The quantitative estimate of drug-likeness (QED) is 0.0914. The van der Waals surface area contributed by atoms with Crippen molar-refractivity contribution in [2.45, 2.75) is 26.7 Å². The lowest BCUT2D eigenvalue weighted by Gasteiger charge is -2.10. The van der Waals surface area contributed by atoms with E-state index in [0.717, 1.165) is 16.8 Å². The van der Waals surface area contributed by atoms with Gasteiger partial charge in [0.15, 0.2) is 5.75 Å². The number of amides is 2. The fourth-order valence-electron chi connectivity index (χ4n) is 5.23. The van der Waals surface area contributed by atoms with Gasteiger partial charge in [-0.3, -0.25) is 14.4 Å². The highest BCUT2D eigenvalue weighted by atomic mass is 16.4. The molecule has 6 aromatic rings. The number of rotatable bonds is 12. The third kappa shape index (κ3) is 9.47. The highest BCUT2D eigenvalue weighted by Gasteiger charge is 2.12. The first kappa shape index (κ1) is 36.4. The number of aryl methyl sites for hydroxylation is 2. The summed E-state index contributed by atoms with van der Waals surface area (Å²) >= 11 is 0. The Bertz CT molecular complexity index is 2430. The van der Waals surface area contributed by atoms with Crippen molar-refractivity contribution in [2.24, 2.45) is 30.7 Å². The van der Waals surface area contributed by atoms with Crippen molar-refractivity contribution < 1.29 is 24.6 Å². The van der Waals surface area contributed by atoms with Crippen LogP contribution in [0.1, 0.15) is 34.3 Å². The summed E-state index contributed by atoms with van der Waals surface area (Å²) in [6, 6.07) is 35.3. The number of azo groups is 3. The largest absolute Gasteiger partial charge is 0.505 e. The van der Waals surface area contributed by atoms with Crippen molar-refractivity contribution in [2.75, 3.05) is 10.6 Å². The first-order chi connectivity index (χ1) is 26.1. The highest BCUT2D eigenvalue weighted by molar-refractivity contribution is 6.06. The maximum absolute atomic E-state index is 12.9. The third-order valence-corrected chi connectivity index (χ3v) is 8.16. The Morgan fingerprint density at radius 2 is 1.11 bits per heavy atom. The summed E-state index contributed by atoms with van der Waals surface area (Å²) in [5.74, 6) is -1.91. The fraction of sp³-hybridized carbons (Fsp3) is 0.0976. The number of aliphatic carboxylic acids is 1. The van der Waals surface area contributed by atoms with Crippen molar-refractivity contribution in [1.82, 2.24) is 0 Å². The monoisotopic (exact) mass is 718 g/mol. The molecule has 0 saturated heterocycles. The van der Waals surface area contributed by atoms with Gasteiger partial charge in [0.1, 0.15) is 5.69 Å². The molecule has 0 radical (unpaired) electrons. The smallest absolute Gasteiger partial charge is 0.303 e. The minimum Gasteiger partial charge on any atom is -0.505 e. The Balaban J connectivity index is 1.08. The maximum atomic E-state index is 12.9. The molecular weight excluding hydrogens is 685 g/mol. The maximum Gasteiger partial charge on any atom is 0.303 e. The van der Waals surface area contributed by atoms with Crippen molar-refractivity contribution in [3.8, 4) is 5.75 Å². The molecular formula is C41H34N8O5. The number of hydrogen-bond acceptors (Lipinski definition) is 10. The standard InChI is InChI=1S/C41H34N8O5/c1-25-23-37(26(2)22-36(25)48-46-32-15-13-31(14-16-32)45-44-30-6-4-3-5-7-30)49-47-35-19-10-28-24-33(17-18-34(28)40(35)53)43-41(54)27-8-11-29(12-9-27)42-38(50)20-21-39(51)52/h3-19,22-24,53H,20-21H2,1-2H3,(H,42,50)(H,43,54)(H,51,52). The van der Waals surface area contributed by atoms with Crippen molar-refractivity contribution in [3.63, 3.8) is 0 Å². The van der Waals surface area contributed by atoms with E-state index in [0.29, 0.717) is 50.5 Å². The van der Waals surface area contributed by atoms with Crippen molar-refractivity contribution in [1.29, 1.82) is 0 Å². The number of hydrogen-bond donors (Lipinski definition) is 4. The molecule has 268 valence electrons. The van der Waals surface area contributed by atoms with Gasteiger partial charge in [0.05, 0.1) is 34.9 Å². The fourth-order valence-corrected chi connectivity index (χ4v) is 5.23. The van der Waals surface area contributed by atoms with Gasteiger partial charge < -0.3 is 20.8 Å². The summed E-state index contributed by atoms with van der Waals surface area (Å²) in [7, 11) is 0. The molecule has 0 aliphatic rings. The molecule has 0 saturated carbocycles. The molecule has 4 N–H and O–H groups in total. The molecule has 0 spiro atoms. The van der Waals surface area contributed by atoms with Crippen LogP contribution in [0.3, 0.4) is 0 Å². The van der Waals surface area contributed by atoms with E-state index in [1.807, 2.05) is 80.6 Å². The topological polar surface area (TPSA) is 190 Å². The number of aromatic hydroxyl groups is 1. The molecule has 0 aliphatic carbocycles. The number of benzene rings is 6. The van der Waals surface area contributed by atoms with Crippen LogP contribution in [0.4, 0.5) is 45.5 Å². The summed E-state index contributed by atoms with van der Waals surface area (Å²) in [6.45, 7) is 3.80. The lowest BCUT2D eigenvalue weighted by atomic mass is 10.1. The summed E-state index contributed by atoms with van der Waals surface area (Å²) in [5, 5.41) is 52.4. The van der Waals surface area contributed by atoms with E-state index in [2.05, 4.69) is 41.3 Å². The molecule has 0 atom stereocenters. The molecule has 13 heteroatoms. The van der Waals surface area contributed by atoms with Gasteiger partial charge in [-0.15, -0.1) is 5.11 Å². The van der Waals surface area contributed by atoms with Gasteiger partial charge in [-0.2, -0.15) is 25.6 Å². The van der Waals surface area contributed by atoms with Crippen LogP contribution in [-0.2, 0) is 9.59 Å². The van der Waals surface area contributed by atoms with Crippen molar-refractivity contribution in [3.05, 3.63) is 138 Å². The van der Waals surface area contributed by atoms with Gasteiger partial charge in [0.25, 0.3) is 5.91 Å². The molecule has 0 aliphatic heterocycles. The molecule has 54 heavy (non-hydrogen) atoms. The Labute approximate surface area is 309 Å². The molecule has 13 nitrogen and oxygen atoms in total. The Kier molecular flexibility index (Phi) is 11.3. The second-order valence-electron chi connectivity index (χ2n) is 12.2. The van der Waals surface area contributed by atoms with Gasteiger partial charge in [-0.05, 0) is 127 Å². The molecule has 0 unspecified atom stereocenters. The van der Waals surface area contributed by atoms with Gasteiger partial charge >= 0.3 is 5.97 Å². The summed E-state index contributed by atoms with van der Waals surface area (Å²) in [4.78, 5) is 35.4. The minimum atomic E-state index is -1.06. The van der Waals surface area contributed by atoms with Gasteiger partial charge in [-0.1, -0.05) is 24.3 Å². The van der Waals surface area contributed by atoms with E-state index in [1.54, 1.807) is 54.6 Å². The van der Waals surface area contributed by atoms with E-state index in [4.69, 9.17) is 5.11 Å². The second kappa shape index (κ2) is 16.7. The minimum absolute atomic E-state index is 0.0533. The van der Waals surface area contributed by atoms with Crippen LogP contribution in [0.5, 0.6) is 5.75 Å². The van der Waals surface area contributed by atoms with E-state index in [9.17, 15) is 19.5 Å². The van der Waals surface area contributed by atoms with Gasteiger partial charge in [-0.25, -0.2) is 0 Å². The average molecular weight is 719 g/mol. The molecule has 6 rings (SSSR count). The van der Waals surface area contributed by atoms with E-state index in [-0.39, 0.29) is 30.2 Å². The van der Waals surface area contributed by atoms with Crippen LogP contribution >= 0.6 is 0 Å². The van der Waals surface area contributed by atoms with E-state index < -0.39 is 11.9 Å². The first-order valence-corrected chi connectivity index (χ1v) is 16.8. The van der Waals surface area contributed by atoms with Gasteiger partial charge in [0, 0.05) is 28.7 Å². The second-order valence-corrected chi connectivity index (χ2v) is 12.2. The van der Waals surface area contributed by atoms with Crippen LogP contribution in [-0.4, -0.2) is 28.0 Å². The number of carbonyl (C=O) groups is 3. The number of carboxylic acid groups (broad SMARTS) is 1. The van der Waals surface area contributed by atoms with E-state index >= 15 is 0 Å². The number of phenols is 1. The molecule has 0 bridgehead atoms. The zero-order valence-electron chi connectivity index (χ0n) is 29.3. The lowest BCUT2D eigenvalue weighted by Crippen LogP contribution is -2.14. The van der Waals surface area contributed by atoms with E-state index in [1.165, 1.54) is 0 Å². The summed E-state index contributed by atoms with van der Waals surface area (Å²) in [6.07, 6.45) is -0.418. The molecule has 0 heterocycles. The number of phenolic OH excluding ortho intramolecular Hbond substituents is 1. The van der Waals surface area contributed by atoms with Crippen LogP contribution in [0, 0.1) is 13.8 Å². The predicted octanol–water partition coefficient (Wildman–Crippen LogP) is 11.5. The predicted molar refractivity (Wildman–Crippen MR) is 207 cm³/mol.